The molecule has 2 amide bonds. The van der Waals surface area contributed by atoms with Gasteiger partial charge in [-0.05, 0) is 33.2 Å². The highest BCUT2D eigenvalue weighted by atomic mass is 16.5. The molecule has 1 saturated heterocycles. The molecule has 8 heteroatoms. The molecule has 0 saturated carbocycles. The van der Waals surface area contributed by atoms with Gasteiger partial charge in [0.25, 0.3) is 11.7 Å². The van der Waals surface area contributed by atoms with Gasteiger partial charge in [0.1, 0.15) is 0 Å². The molecule has 0 aromatic carbocycles. The number of primary amides is 1. The van der Waals surface area contributed by atoms with Crippen LogP contribution in [0.1, 0.15) is 55.7 Å². The van der Waals surface area contributed by atoms with Gasteiger partial charge >= 0.3 is 0 Å². The largest absolute Gasteiger partial charge is 0.370 e. The molecule has 0 spiro atoms. The van der Waals surface area contributed by atoms with Gasteiger partial charge in [-0.2, -0.15) is 4.98 Å². The first-order chi connectivity index (χ1) is 9.37. The van der Waals surface area contributed by atoms with Crippen LogP contribution in [0.25, 0.3) is 0 Å². The van der Waals surface area contributed by atoms with Gasteiger partial charge in [-0.1, -0.05) is 5.16 Å². The molecule has 1 atom stereocenters. The highest BCUT2D eigenvalue weighted by Gasteiger charge is 2.28. The summed E-state index contributed by atoms with van der Waals surface area (Å²) in [6, 6.07) is 0.0164. The van der Waals surface area contributed by atoms with Crippen molar-refractivity contribution in [2.45, 2.75) is 44.7 Å². The van der Waals surface area contributed by atoms with E-state index in [1.807, 2.05) is 0 Å². The van der Waals surface area contributed by atoms with Crippen molar-refractivity contribution in [2.24, 2.45) is 5.73 Å². The first kappa shape index (κ1) is 14.4. The van der Waals surface area contributed by atoms with E-state index in [-0.39, 0.29) is 18.3 Å². The van der Waals surface area contributed by atoms with Gasteiger partial charge in [0.15, 0.2) is 0 Å². The van der Waals surface area contributed by atoms with Gasteiger partial charge in [-0.15, -0.1) is 0 Å². The number of rotatable bonds is 5. The van der Waals surface area contributed by atoms with Crippen molar-refractivity contribution in [3.63, 3.8) is 0 Å². The topological polar surface area (TPSA) is 123 Å². The van der Waals surface area contributed by atoms with Gasteiger partial charge in [0.05, 0.1) is 6.04 Å². The van der Waals surface area contributed by atoms with Gasteiger partial charge in [0.2, 0.25) is 11.8 Å². The monoisotopic (exact) mass is 281 g/mol. The Bertz CT molecular complexity index is 505. The van der Waals surface area contributed by atoms with Gasteiger partial charge in [-0.25, -0.2) is 0 Å². The number of carbonyl (C=O) groups excluding carboxylic acids is 2. The van der Waals surface area contributed by atoms with Crippen molar-refractivity contribution in [1.29, 1.82) is 0 Å². The summed E-state index contributed by atoms with van der Waals surface area (Å²) in [6.45, 7) is 4.31. The molecule has 0 bridgehead atoms. The minimum atomic E-state index is -0.755. The maximum atomic E-state index is 12.0. The molecule has 0 radical (unpaired) electrons. The fraction of sp³-hybridized carbons (Fsp3) is 0.667. The molecule has 0 aliphatic carbocycles. The minimum absolute atomic E-state index is 0.0164. The number of nitrogens with two attached hydrogens (primary N) is 1. The summed E-state index contributed by atoms with van der Waals surface area (Å²) in [6.07, 6.45) is 1.99. The second-order valence-electron chi connectivity index (χ2n) is 5.59. The van der Waals surface area contributed by atoms with Crippen LogP contribution in [0.15, 0.2) is 4.52 Å². The van der Waals surface area contributed by atoms with E-state index in [0.717, 1.165) is 19.4 Å². The lowest BCUT2D eigenvalue weighted by molar-refractivity contribution is -0.119. The van der Waals surface area contributed by atoms with Crippen LogP contribution < -0.4 is 16.4 Å². The molecule has 1 fully saturated rings. The number of carbonyl (C=O) groups is 2. The Morgan fingerprint density at radius 1 is 1.55 bits per heavy atom. The SMILES string of the molecule is CC(C)(CC(N)=O)NC(=O)c1noc(C2CCCN2)n1. The second-order valence-corrected chi connectivity index (χ2v) is 5.59. The Balaban J connectivity index is 2.00. The third-order valence-corrected chi connectivity index (χ3v) is 3.07. The normalized spacial score (nSPS) is 19.0. The molecule has 4 N–H and O–H groups in total. The van der Waals surface area contributed by atoms with E-state index in [2.05, 4.69) is 20.8 Å². The first-order valence-corrected chi connectivity index (χ1v) is 6.55. The molecule has 1 aromatic rings. The smallest absolute Gasteiger partial charge is 0.293 e. The fourth-order valence-electron chi connectivity index (χ4n) is 2.21. The predicted octanol–water partition coefficient (Wildman–Crippen LogP) is -0.122. The van der Waals surface area contributed by atoms with Gasteiger partial charge < -0.3 is 20.9 Å². The first-order valence-electron chi connectivity index (χ1n) is 6.55. The number of amides is 2. The molecule has 1 unspecified atom stereocenters. The van der Waals surface area contributed by atoms with Gasteiger partial charge in [-0.3, -0.25) is 9.59 Å². The Hall–Kier alpha value is -1.96. The quantitative estimate of drug-likeness (QED) is 0.691. The summed E-state index contributed by atoms with van der Waals surface area (Å²) >= 11 is 0. The number of nitrogens with zero attached hydrogens (tertiary/aromatic N) is 2. The Kier molecular flexibility index (Phi) is 4.03. The van der Waals surface area contributed by atoms with E-state index in [4.69, 9.17) is 10.3 Å². The zero-order valence-corrected chi connectivity index (χ0v) is 11.6. The Morgan fingerprint density at radius 3 is 2.90 bits per heavy atom. The molecular formula is C12H19N5O3. The zero-order chi connectivity index (χ0) is 14.8. The maximum absolute atomic E-state index is 12.0. The molecule has 1 aliphatic rings. The van der Waals surface area contributed by atoms with E-state index in [0.29, 0.717) is 5.89 Å². The number of aromatic nitrogens is 2. The third kappa shape index (κ3) is 3.53. The van der Waals surface area contributed by atoms with Crippen LogP contribution in [0.4, 0.5) is 0 Å². The van der Waals surface area contributed by atoms with Crippen molar-refractivity contribution >= 4 is 11.8 Å². The molecular weight excluding hydrogens is 262 g/mol. The number of hydrogen-bond acceptors (Lipinski definition) is 6. The molecule has 20 heavy (non-hydrogen) atoms. The number of hydrogen-bond donors (Lipinski definition) is 3. The lowest BCUT2D eigenvalue weighted by atomic mass is 10.0. The molecule has 1 aromatic heterocycles. The highest BCUT2D eigenvalue weighted by molar-refractivity contribution is 5.91. The summed E-state index contributed by atoms with van der Waals surface area (Å²) in [4.78, 5) is 27.0. The predicted molar refractivity (Wildman–Crippen MR) is 69.6 cm³/mol. The fourth-order valence-corrected chi connectivity index (χ4v) is 2.21. The standard InChI is InChI=1S/C12H19N5O3/c1-12(2,6-8(13)18)16-10(19)9-15-11(20-17-9)7-4-3-5-14-7/h7,14H,3-6H2,1-2H3,(H2,13,18)(H,16,19). The number of nitrogens with one attached hydrogen (secondary N) is 2. The van der Waals surface area contributed by atoms with E-state index in [1.54, 1.807) is 13.8 Å². The van der Waals surface area contributed by atoms with Crippen molar-refractivity contribution in [1.82, 2.24) is 20.8 Å². The van der Waals surface area contributed by atoms with E-state index >= 15 is 0 Å². The van der Waals surface area contributed by atoms with Crippen LogP contribution in [0.3, 0.4) is 0 Å². The lowest BCUT2D eigenvalue weighted by Crippen LogP contribution is -2.46. The molecule has 8 nitrogen and oxygen atoms in total. The van der Waals surface area contributed by atoms with Crippen molar-refractivity contribution < 1.29 is 14.1 Å². The average molecular weight is 281 g/mol. The summed E-state index contributed by atoms with van der Waals surface area (Å²) in [5.74, 6) is -0.588. The summed E-state index contributed by atoms with van der Waals surface area (Å²) in [5, 5.41) is 9.54. The van der Waals surface area contributed by atoms with Crippen LogP contribution in [0.2, 0.25) is 0 Å². The summed E-state index contributed by atoms with van der Waals surface area (Å²) in [7, 11) is 0. The zero-order valence-electron chi connectivity index (χ0n) is 11.6. The Morgan fingerprint density at radius 2 is 2.30 bits per heavy atom. The van der Waals surface area contributed by atoms with E-state index < -0.39 is 17.4 Å². The van der Waals surface area contributed by atoms with Crippen molar-refractivity contribution in [3.05, 3.63) is 11.7 Å². The third-order valence-electron chi connectivity index (χ3n) is 3.07. The summed E-state index contributed by atoms with van der Waals surface area (Å²) in [5.41, 5.74) is 4.38. The highest BCUT2D eigenvalue weighted by Crippen LogP contribution is 2.21. The van der Waals surface area contributed by atoms with Crippen LogP contribution in [0, 0.1) is 0 Å². The van der Waals surface area contributed by atoms with Crippen LogP contribution in [-0.2, 0) is 4.79 Å². The maximum Gasteiger partial charge on any atom is 0.293 e. The van der Waals surface area contributed by atoms with Crippen LogP contribution in [0.5, 0.6) is 0 Å². The molecule has 1 aliphatic heterocycles. The Labute approximate surface area is 116 Å². The van der Waals surface area contributed by atoms with Crippen molar-refractivity contribution in [3.8, 4) is 0 Å². The molecule has 110 valence electrons. The minimum Gasteiger partial charge on any atom is -0.370 e. The van der Waals surface area contributed by atoms with E-state index in [1.165, 1.54) is 0 Å². The molecule has 2 heterocycles. The average Bonchev–Trinajstić information content (AvgIpc) is 2.97. The van der Waals surface area contributed by atoms with Crippen molar-refractivity contribution in [2.75, 3.05) is 6.54 Å². The van der Waals surface area contributed by atoms with Crippen LogP contribution >= 0.6 is 0 Å². The van der Waals surface area contributed by atoms with Crippen LogP contribution in [-0.4, -0.2) is 34.0 Å². The van der Waals surface area contributed by atoms with E-state index in [9.17, 15) is 9.59 Å². The summed E-state index contributed by atoms with van der Waals surface area (Å²) < 4.78 is 5.09. The lowest BCUT2D eigenvalue weighted by Gasteiger charge is -2.23. The second kappa shape index (κ2) is 5.58. The molecule has 2 rings (SSSR count). The van der Waals surface area contributed by atoms with Gasteiger partial charge in [0, 0.05) is 12.0 Å².